The van der Waals surface area contributed by atoms with Gasteiger partial charge in [-0.1, -0.05) is 17.6 Å². The lowest BCUT2D eigenvalue weighted by Crippen LogP contribution is -2.12. The van der Waals surface area contributed by atoms with Crippen molar-refractivity contribution in [3.63, 3.8) is 0 Å². The fourth-order valence-electron chi connectivity index (χ4n) is 4.65. The van der Waals surface area contributed by atoms with Gasteiger partial charge in [-0.25, -0.2) is 4.39 Å². The second-order valence-electron chi connectivity index (χ2n) is 7.84. The molecule has 4 nitrogen and oxygen atoms in total. The summed E-state index contributed by atoms with van der Waals surface area (Å²) in [5.74, 6) is 0.411. The van der Waals surface area contributed by atoms with Crippen molar-refractivity contribution in [3.05, 3.63) is 46.9 Å². The van der Waals surface area contributed by atoms with Crippen molar-refractivity contribution in [2.45, 2.75) is 44.2 Å². The molecule has 1 aromatic heterocycles. The predicted octanol–water partition coefficient (Wildman–Crippen LogP) is 5.21. The van der Waals surface area contributed by atoms with Crippen LogP contribution in [0.4, 0.5) is 23.4 Å². The van der Waals surface area contributed by atoms with E-state index >= 15 is 0 Å². The molecule has 8 heteroatoms. The number of Topliss-reactive ketones (excluding diaryl/α,β-unsaturated/α-hetero) is 1. The number of nitrogens with zero attached hydrogens (tertiary/aromatic N) is 1. The Hall–Kier alpha value is -2.38. The molecule has 1 unspecified atom stereocenters. The lowest BCUT2D eigenvalue weighted by Gasteiger charge is -2.20. The molecule has 0 aliphatic heterocycles. The van der Waals surface area contributed by atoms with Crippen LogP contribution < -0.4 is 5.73 Å². The third-order valence-electron chi connectivity index (χ3n) is 6.11. The molecule has 1 heterocycles. The Bertz CT molecular complexity index is 893. The van der Waals surface area contributed by atoms with Crippen molar-refractivity contribution < 1.29 is 26.9 Å². The minimum atomic E-state index is -4.76. The van der Waals surface area contributed by atoms with Crippen LogP contribution in [0.15, 0.2) is 28.8 Å². The standard InChI is InChI=1S/C20H20F4N2O2/c21-15-8-11(3-5-14(15)20(22,23)24)17(27)6-2-10-1-4-12-13(7-10)19(12)16-9-18(25)28-26-16/h3,5,8-10,12-13,19H,1-2,4,6-7,25H2/t10?,12-,13+,19+/m1/s1. The van der Waals surface area contributed by atoms with Crippen LogP contribution in [0, 0.1) is 23.6 Å². The van der Waals surface area contributed by atoms with Gasteiger partial charge in [0.1, 0.15) is 5.82 Å². The Balaban J connectivity index is 1.32. The molecule has 1 aromatic carbocycles. The number of alkyl halides is 3. The lowest BCUT2D eigenvalue weighted by molar-refractivity contribution is -0.140. The van der Waals surface area contributed by atoms with Gasteiger partial charge in [-0.3, -0.25) is 4.79 Å². The highest BCUT2D eigenvalue weighted by Crippen LogP contribution is 2.62. The van der Waals surface area contributed by atoms with Crippen molar-refractivity contribution in [1.29, 1.82) is 0 Å². The number of nitrogen functional groups attached to an aromatic ring is 1. The minimum Gasteiger partial charge on any atom is -0.368 e. The quantitative estimate of drug-likeness (QED) is 0.557. The summed E-state index contributed by atoms with van der Waals surface area (Å²) in [5.41, 5.74) is 5.11. The van der Waals surface area contributed by atoms with Crippen molar-refractivity contribution in [3.8, 4) is 0 Å². The summed E-state index contributed by atoms with van der Waals surface area (Å²) in [5, 5.41) is 4.00. The summed E-state index contributed by atoms with van der Waals surface area (Å²) in [6.45, 7) is 0. The van der Waals surface area contributed by atoms with Crippen molar-refractivity contribution >= 4 is 11.7 Å². The van der Waals surface area contributed by atoms with Crippen LogP contribution >= 0.6 is 0 Å². The molecule has 150 valence electrons. The molecule has 28 heavy (non-hydrogen) atoms. The molecule has 0 bridgehead atoms. The average molecular weight is 396 g/mol. The number of halogens is 4. The van der Waals surface area contributed by atoms with Crippen LogP contribution in [-0.2, 0) is 6.18 Å². The Morgan fingerprint density at radius 3 is 2.64 bits per heavy atom. The van der Waals surface area contributed by atoms with Crippen LogP contribution in [-0.4, -0.2) is 10.9 Å². The Morgan fingerprint density at radius 2 is 2.00 bits per heavy atom. The number of anilines is 1. The van der Waals surface area contributed by atoms with Gasteiger partial charge in [-0.2, -0.15) is 13.2 Å². The molecular formula is C20H20F4N2O2. The van der Waals surface area contributed by atoms with E-state index in [0.717, 1.165) is 31.0 Å². The van der Waals surface area contributed by atoms with Gasteiger partial charge < -0.3 is 10.3 Å². The summed E-state index contributed by atoms with van der Waals surface area (Å²) in [4.78, 5) is 12.3. The zero-order chi connectivity index (χ0) is 20.1. The van der Waals surface area contributed by atoms with Gasteiger partial charge in [0.2, 0.25) is 5.88 Å². The SMILES string of the molecule is Nc1cc([C@H]2[C@@H]3CCC(CCC(=O)c4ccc(C(F)(F)F)c(F)c4)C[C@@H]32)no1. The summed E-state index contributed by atoms with van der Waals surface area (Å²) in [6, 6.07) is 4.14. The predicted molar refractivity (Wildman–Crippen MR) is 92.9 cm³/mol. The van der Waals surface area contributed by atoms with Crippen LogP contribution in [0.5, 0.6) is 0 Å². The molecule has 0 saturated heterocycles. The maximum absolute atomic E-state index is 13.7. The molecule has 2 saturated carbocycles. The first-order valence-corrected chi connectivity index (χ1v) is 9.36. The fraction of sp³-hybridized carbons (Fsp3) is 0.500. The number of rotatable bonds is 5. The normalized spacial score (nSPS) is 26.7. The number of carbonyl (C=O) groups excluding carboxylic acids is 1. The van der Waals surface area contributed by atoms with Crippen LogP contribution in [0.1, 0.15) is 59.6 Å². The molecule has 4 rings (SSSR count). The smallest absolute Gasteiger partial charge is 0.368 e. The summed E-state index contributed by atoms with van der Waals surface area (Å²) in [6.07, 6.45) is -0.876. The molecule has 2 aliphatic carbocycles. The largest absolute Gasteiger partial charge is 0.419 e. The third kappa shape index (κ3) is 3.64. The molecular weight excluding hydrogens is 376 g/mol. The molecule has 0 amide bonds. The number of fused-ring (bicyclic) bond motifs is 1. The molecule has 0 radical (unpaired) electrons. The second-order valence-corrected chi connectivity index (χ2v) is 7.84. The Labute approximate surface area is 159 Å². The van der Waals surface area contributed by atoms with Crippen molar-refractivity contribution in [2.24, 2.45) is 17.8 Å². The van der Waals surface area contributed by atoms with Gasteiger partial charge in [0.05, 0.1) is 11.3 Å². The number of ketones is 1. The van der Waals surface area contributed by atoms with E-state index in [1.165, 1.54) is 0 Å². The average Bonchev–Trinajstić information content (AvgIpc) is 3.19. The van der Waals surface area contributed by atoms with E-state index in [9.17, 15) is 22.4 Å². The highest BCUT2D eigenvalue weighted by atomic mass is 19.4. The van der Waals surface area contributed by atoms with Crippen molar-refractivity contribution in [2.75, 3.05) is 5.73 Å². The topological polar surface area (TPSA) is 69.1 Å². The summed E-state index contributed by atoms with van der Waals surface area (Å²) < 4.78 is 56.5. The maximum atomic E-state index is 13.7. The Kier molecular flexibility index (Phi) is 4.67. The second kappa shape index (κ2) is 6.90. The van der Waals surface area contributed by atoms with Crippen LogP contribution in [0.25, 0.3) is 0 Å². The first kappa shape index (κ1) is 19.0. The number of aromatic nitrogens is 1. The number of hydrogen-bond acceptors (Lipinski definition) is 4. The monoisotopic (exact) mass is 396 g/mol. The molecule has 2 aromatic rings. The zero-order valence-corrected chi connectivity index (χ0v) is 15.0. The first-order chi connectivity index (χ1) is 13.2. The van der Waals surface area contributed by atoms with E-state index in [2.05, 4.69) is 5.16 Å². The van der Waals surface area contributed by atoms with Gasteiger partial charge >= 0.3 is 6.18 Å². The van der Waals surface area contributed by atoms with Crippen LogP contribution in [0.2, 0.25) is 0 Å². The highest BCUT2D eigenvalue weighted by molar-refractivity contribution is 5.96. The highest BCUT2D eigenvalue weighted by Gasteiger charge is 2.54. The van der Waals surface area contributed by atoms with E-state index in [4.69, 9.17) is 10.3 Å². The molecule has 0 spiro atoms. The number of benzene rings is 1. The van der Waals surface area contributed by atoms with Gasteiger partial charge in [-0.15, -0.1) is 0 Å². The number of hydrogen-bond donors (Lipinski definition) is 1. The lowest BCUT2D eigenvalue weighted by atomic mass is 9.85. The van der Waals surface area contributed by atoms with Crippen molar-refractivity contribution in [1.82, 2.24) is 5.16 Å². The van der Waals surface area contributed by atoms with Gasteiger partial charge in [-0.05, 0) is 49.1 Å². The molecule has 2 aliphatic rings. The Morgan fingerprint density at radius 1 is 1.21 bits per heavy atom. The third-order valence-corrected chi connectivity index (χ3v) is 6.11. The van der Waals surface area contributed by atoms with E-state index in [1.807, 2.05) is 0 Å². The summed E-state index contributed by atoms with van der Waals surface area (Å²) in [7, 11) is 0. The molecule has 2 fully saturated rings. The maximum Gasteiger partial charge on any atom is 0.419 e. The number of carbonyl (C=O) groups is 1. The van der Waals surface area contributed by atoms with Gasteiger partial charge in [0.15, 0.2) is 5.78 Å². The minimum absolute atomic E-state index is 0.0124. The van der Waals surface area contributed by atoms with E-state index in [-0.39, 0.29) is 17.8 Å². The number of nitrogens with two attached hydrogens (primary N) is 1. The van der Waals surface area contributed by atoms with Crippen LogP contribution in [0.3, 0.4) is 0 Å². The first-order valence-electron chi connectivity index (χ1n) is 9.36. The van der Waals surface area contributed by atoms with E-state index < -0.39 is 17.6 Å². The molecule has 4 atom stereocenters. The van der Waals surface area contributed by atoms with Gasteiger partial charge in [0.25, 0.3) is 0 Å². The zero-order valence-electron chi connectivity index (χ0n) is 15.0. The van der Waals surface area contributed by atoms with E-state index in [1.54, 1.807) is 6.07 Å². The van der Waals surface area contributed by atoms with Gasteiger partial charge in [0, 0.05) is 24.0 Å². The summed E-state index contributed by atoms with van der Waals surface area (Å²) >= 11 is 0. The fourth-order valence-corrected chi connectivity index (χ4v) is 4.65. The van der Waals surface area contributed by atoms with E-state index in [0.29, 0.717) is 48.1 Å². The molecule has 2 N–H and O–H groups in total.